The average molecular weight is 341 g/mol. The van der Waals surface area contributed by atoms with E-state index in [2.05, 4.69) is 22.0 Å². The van der Waals surface area contributed by atoms with Crippen LogP contribution in [0.25, 0.3) is 0 Å². The molecule has 1 aromatic rings. The van der Waals surface area contributed by atoms with Crippen LogP contribution in [0.4, 0.5) is 0 Å². The molecule has 0 heterocycles. The number of nitrogens with two attached hydrogens (primary N) is 1. The Morgan fingerprint density at radius 3 is 2.85 bits per heavy atom. The number of carbonyl (C=O) groups excluding carboxylic acids is 1. The first-order chi connectivity index (χ1) is 9.63. The van der Waals surface area contributed by atoms with Crippen molar-refractivity contribution in [3.8, 4) is 0 Å². The second kappa shape index (κ2) is 7.20. The lowest BCUT2D eigenvalue weighted by molar-refractivity contribution is -0.134. The molecule has 4 nitrogen and oxygen atoms in total. The van der Waals surface area contributed by atoms with Gasteiger partial charge in [-0.1, -0.05) is 28.1 Å². The lowest BCUT2D eigenvalue weighted by Crippen LogP contribution is -2.37. The van der Waals surface area contributed by atoms with Crippen molar-refractivity contribution in [3.63, 3.8) is 0 Å². The highest BCUT2D eigenvalue weighted by molar-refractivity contribution is 9.10. The van der Waals surface area contributed by atoms with Gasteiger partial charge in [0, 0.05) is 30.7 Å². The number of carbonyl (C=O) groups is 1. The lowest BCUT2D eigenvalue weighted by atomic mass is 10.1. The zero-order chi connectivity index (χ0) is 14.5. The Morgan fingerprint density at radius 2 is 2.30 bits per heavy atom. The van der Waals surface area contributed by atoms with E-state index in [1.807, 2.05) is 23.1 Å². The summed E-state index contributed by atoms with van der Waals surface area (Å²) in [6, 6.07) is 8.47. The van der Waals surface area contributed by atoms with Gasteiger partial charge in [-0.3, -0.25) is 4.79 Å². The van der Waals surface area contributed by atoms with Crippen molar-refractivity contribution in [1.82, 2.24) is 4.90 Å². The molecule has 0 spiro atoms. The van der Waals surface area contributed by atoms with Gasteiger partial charge in [0.05, 0.1) is 12.5 Å². The number of halogens is 1. The van der Waals surface area contributed by atoms with E-state index in [1.165, 1.54) is 0 Å². The fraction of sp³-hybridized carbons (Fsp3) is 0.533. The number of methoxy groups -OCH3 is 1. The van der Waals surface area contributed by atoms with Crippen LogP contribution in [0.2, 0.25) is 0 Å². The Bertz CT molecular complexity index is 459. The Morgan fingerprint density at radius 1 is 1.55 bits per heavy atom. The quantitative estimate of drug-likeness (QED) is 0.828. The Hall–Kier alpha value is -0.910. The molecule has 0 aromatic heterocycles. The second-order valence-corrected chi connectivity index (χ2v) is 6.10. The monoisotopic (exact) mass is 340 g/mol. The van der Waals surface area contributed by atoms with Crippen LogP contribution in [0.3, 0.4) is 0 Å². The third-order valence-electron chi connectivity index (χ3n) is 3.55. The van der Waals surface area contributed by atoms with Crippen LogP contribution in [-0.4, -0.2) is 36.6 Å². The SMILES string of the molecule is COC(CN)CC(=O)N(Cc1cccc(Br)c1)C1CC1. The molecule has 2 N–H and O–H groups in total. The Kier molecular flexibility index (Phi) is 5.57. The summed E-state index contributed by atoms with van der Waals surface area (Å²) in [7, 11) is 1.60. The van der Waals surface area contributed by atoms with Crippen molar-refractivity contribution in [3.05, 3.63) is 34.3 Å². The average Bonchev–Trinajstić information content (AvgIpc) is 3.26. The van der Waals surface area contributed by atoms with E-state index in [9.17, 15) is 4.79 Å². The van der Waals surface area contributed by atoms with E-state index in [4.69, 9.17) is 10.5 Å². The van der Waals surface area contributed by atoms with Crippen LogP contribution in [0.5, 0.6) is 0 Å². The molecule has 1 saturated carbocycles. The van der Waals surface area contributed by atoms with E-state index in [0.29, 0.717) is 25.6 Å². The molecule has 110 valence electrons. The number of rotatable bonds is 7. The van der Waals surface area contributed by atoms with Crippen LogP contribution in [0.1, 0.15) is 24.8 Å². The number of nitrogens with zero attached hydrogens (tertiary/aromatic N) is 1. The maximum Gasteiger partial charge on any atom is 0.225 e. The second-order valence-electron chi connectivity index (χ2n) is 5.18. The molecule has 20 heavy (non-hydrogen) atoms. The van der Waals surface area contributed by atoms with Crippen LogP contribution in [0, 0.1) is 0 Å². The molecule has 0 aliphatic heterocycles. The highest BCUT2D eigenvalue weighted by atomic mass is 79.9. The Balaban J connectivity index is 2.01. The highest BCUT2D eigenvalue weighted by Gasteiger charge is 2.33. The summed E-state index contributed by atoms with van der Waals surface area (Å²) in [6.07, 6.45) is 2.36. The van der Waals surface area contributed by atoms with Crippen LogP contribution in [-0.2, 0) is 16.1 Å². The predicted octanol–water partition coefficient (Wildman–Crippen LogP) is 2.30. The zero-order valence-electron chi connectivity index (χ0n) is 11.7. The fourth-order valence-corrected chi connectivity index (χ4v) is 2.66. The highest BCUT2D eigenvalue weighted by Crippen LogP contribution is 2.29. The van der Waals surface area contributed by atoms with Gasteiger partial charge >= 0.3 is 0 Å². The van der Waals surface area contributed by atoms with Crippen LogP contribution < -0.4 is 5.73 Å². The first-order valence-electron chi connectivity index (χ1n) is 6.90. The summed E-state index contributed by atoms with van der Waals surface area (Å²) in [6.45, 7) is 1.03. The number of amides is 1. The number of benzene rings is 1. The van der Waals surface area contributed by atoms with Crippen molar-refractivity contribution >= 4 is 21.8 Å². The topological polar surface area (TPSA) is 55.6 Å². The normalized spacial score (nSPS) is 15.9. The maximum atomic E-state index is 12.4. The molecule has 1 aliphatic carbocycles. The summed E-state index contributed by atoms with van der Waals surface area (Å²) >= 11 is 3.46. The van der Waals surface area contributed by atoms with Crippen molar-refractivity contribution in [1.29, 1.82) is 0 Å². The van der Waals surface area contributed by atoms with Crippen molar-refractivity contribution < 1.29 is 9.53 Å². The standard InChI is InChI=1S/C15H21BrN2O2/c1-20-14(9-17)8-15(19)18(13-5-6-13)10-11-3-2-4-12(16)7-11/h2-4,7,13-14H,5-6,8-10,17H2,1H3. The van der Waals surface area contributed by atoms with Gasteiger partial charge in [-0.05, 0) is 30.5 Å². The molecule has 2 rings (SSSR count). The van der Waals surface area contributed by atoms with Gasteiger partial charge in [0.2, 0.25) is 5.91 Å². The van der Waals surface area contributed by atoms with Crippen LogP contribution >= 0.6 is 15.9 Å². The van der Waals surface area contributed by atoms with Gasteiger partial charge in [-0.2, -0.15) is 0 Å². The van der Waals surface area contributed by atoms with Gasteiger partial charge in [0.1, 0.15) is 0 Å². The summed E-state index contributed by atoms with van der Waals surface area (Å²) in [5.41, 5.74) is 6.73. The fourth-order valence-electron chi connectivity index (χ4n) is 2.21. The van der Waals surface area contributed by atoms with Gasteiger partial charge in [-0.25, -0.2) is 0 Å². The largest absolute Gasteiger partial charge is 0.380 e. The van der Waals surface area contributed by atoms with Crippen molar-refractivity contribution in [2.75, 3.05) is 13.7 Å². The number of ether oxygens (including phenoxy) is 1. The molecule has 1 fully saturated rings. The first kappa shape index (κ1) is 15.5. The van der Waals surface area contributed by atoms with E-state index in [1.54, 1.807) is 7.11 Å². The Labute approximate surface area is 128 Å². The predicted molar refractivity (Wildman–Crippen MR) is 82.2 cm³/mol. The third kappa shape index (κ3) is 4.30. The zero-order valence-corrected chi connectivity index (χ0v) is 13.3. The molecule has 1 amide bonds. The van der Waals surface area contributed by atoms with Gasteiger partial charge in [-0.15, -0.1) is 0 Å². The molecule has 0 saturated heterocycles. The molecule has 1 aliphatic rings. The molecular weight excluding hydrogens is 320 g/mol. The van der Waals surface area contributed by atoms with Crippen LogP contribution in [0.15, 0.2) is 28.7 Å². The first-order valence-corrected chi connectivity index (χ1v) is 7.70. The minimum atomic E-state index is -0.189. The maximum absolute atomic E-state index is 12.4. The van der Waals surface area contributed by atoms with E-state index >= 15 is 0 Å². The van der Waals surface area contributed by atoms with E-state index in [-0.39, 0.29) is 12.0 Å². The molecular formula is C15H21BrN2O2. The summed E-state index contributed by atoms with van der Waals surface area (Å²) in [5, 5.41) is 0. The summed E-state index contributed by atoms with van der Waals surface area (Å²) in [5.74, 6) is 0.129. The summed E-state index contributed by atoms with van der Waals surface area (Å²) in [4.78, 5) is 14.4. The molecule has 0 radical (unpaired) electrons. The lowest BCUT2D eigenvalue weighted by Gasteiger charge is -2.24. The summed E-state index contributed by atoms with van der Waals surface area (Å²) < 4.78 is 6.25. The minimum Gasteiger partial charge on any atom is -0.380 e. The van der Waals surface area contributed by atoms with Crippen molar-refractivity contribution in [2.24, 2.45) is 5.73 Å². The molecule has 1 atom stereocenters. The van der Waals surface area contributed by atoms with Crippen molar-refractivity contribution in [2.45, 2.75) is 38.0 Å². The molecule has 0 bridgehead atoms. The molecule has 1 aromatic carbocycles. The third-order valence-corrected chi connectivity index (χ3v) is 4.04. The van der Waals surface area contributed by atoms with E-state index < -0.39 is 0 Å². The minimum absolute atomic E-state index is 0.129. The van der Waals surface area contributed by atoms with Gasteiger partial charge < -0.3 is 15.4 Å². The van der Waals surface area contributed by atoms with Gasteiger partial charge in [0.25, 0.3) is 0 Å². The van der Waals surface area contributed by atoms with Gasteiger partial charge in [0.15, 0.2) is 0 Å². The number of hydrogen-bond donors (Lipinski definition) is 1. The molecule has 1 unspecified atom stereocenters. The molecule has 5 heteroatoms. The van der Waals surface area contributed by atoms with E-state index in [0.717, 1.165) is 22.9 Å². The smallest absolute Gasteiger partial charge is 0.225 e. The number of hydrogen-bond acceptors (Lipinski definition) is 3.